The largest absolute Gasteiger partial charge is 0.306 e. The lowest BCUT2D eigenvalue weighted by molar-refractivity contribution is 0.112. The molecule has 0 saturated heterocycles. The first-order valence-corrected chi connectivity index (χ1v) is 6.86. The van der Waals surface area contributed by atoms with Crippen LogP contribution in [0, 0.1) is 0 Å². The number of benzene rings is 2. The van der Waals surface area contributed by atoms with Crippen LogP contribution >= 0.6 is 0 Å². The van der Waals surface area contributed by atoms with Gasteiger partial charge in [-0.05, 0) is 36.4 Å². The Morgan fingerprint density at radius 3 is 2.73 bits per heavy atom. The summed E-state index contributed by atoms with van der Waals surface area (Å²) in [5.41, 5.74) is 4.44. The second-order valence-electron chi connectivity index (χ2n) is 4.97. The second kappa shape index (κ2) is 4.96. The standard InChI is InChI=1S/C17H12N4O/c22-10-13-4-5-17-16(8-13)19-12-21(17)15-3-1-2-14(9-15)20-7-6-18-11-20/h1-12H. The van der Waals surface area contributed by atoms with Gasteiger partial charge in [-0.1, -0.05) is 6.07 Å². The second-order valence-corrected chi connectivity index (χ2v) is 4.97. The molecule has 0 spiro atoms. The van der Waals surface area contributed by atoms with Gasteiger partial charge in [-0.15, -0.1) is 0 Å². The van der Waals surface area contributed by atoms with E-state index < -0.39 is 0 Å². The zero-order chi connectivity index (χ0) is 14.9. The number of rotatable bonds is 3. The van der Waals surface area contributed by atoms with Crippen molar-refractivity contribution in [2.75, 3.05) is 0 Å². The van der Waals surface area contributed by atoms with Crippen molar-refractivity contribution < 1.29 is 4.79 Å². The van der Waals surface area contributed by atoms with E-state index in [-0.39, 0.29) is 0 Å². The molecule has 0 aliphatic rings. The maximum atomic E-state index is 10.9. The first-order valence-electron chi connectivity index (χ1n) is 6.86. The predicted molar refractivity (Wildman–Crippen MR) is 83.6 cm³/mol. The highest BCUT2D eigenvalue weighted by atomic mass is 16.1. The quantitative estimate of drug-likeness (QED) is 0.544. The minimum Gasteiger partial charge on any atom is -0.306 e. The maximum absolute atomic E-state index is 10.9. The Morgan fingerprint density at radius 1 is 1.00 bits per heavy atom. The van der Waals surface area contributed by atoms with Gasteiger partial charge < -0.3 is 4.57 Å². The molecule has 0 bridgehead atoms. The van der Waals surface area contributed by atoms with Gasteiger partial charge in [-0.2, -0.15) is 0 Å². The van der Waals surface area contributed by atoms with Crippen LogP contribution < -0.4 is 0 Å². The molecule has 106 valence electrons. The molecule has 5 nitrogen and oxygen atoms in total. The van der Waals surface area contributed by atoms with Crippen LogP contribution in [0.2, 0.25) is 0 Å². The third-order valence-corrected chi connectivity index (χ3v) is 3.62. The van der Waals surface area contributed by atoms with Crippen LogP contribution in [0.5, 0.6) is 0 Å². The highest BCUT2D eigenvalue weighted by Gasteiger charge is 2.06. The summed E-state index contributed by atoms with van der Waals surface area (Å²) in [5.74, 6) is 0. The van der Waals surface area contributed by atoms with Gasteiger partial charge in [0.2, 0.25) is 0 Å². The van der Waals surface area contributed by atoms with Gasteiger partial charge in [0.05, 0.1) is 17.4 Å². The number of carbonyl (C=O) groups excluding carboxylic acids is 1. The summed E-state index contributed by atoms with van der Waals surface area (Å²) in [6.07, 6.45) is 8.02. The Balaban J connectivity index is 1.85. The van der Waals surface area contributed by atoms with Crippen LogP contribution in [0.4, 0.5) is 0 Å². The van der Waals surface area contributed by atoms with E-state index in [9.17, 15) is 4.79 Å². The molecule has 4 aromatic rings. The third-order valence-electron chi connectivity index (χ3n) is 3.62. The van der Waals surface area contributed by atoms with E-state index in [1.165, 1.54) is 0 Å². The molecule has 4 rings (SSSR count). The minimum atomic E-state index is 0.630. The molecule has 0 saturated carbocycles. The summed E-state index contributed by atoms with van der Waals surface area (Å²) in [4.78, 5) is 19.3. The van der Waals surface area contributed by atoms with Crippen molar-refractivity contribution in [3.05, 3.63) is 73.1 Å². The normalized spacial score (nSPS) is 10.9. The SMILES string of the molecule is O=Cc1ccc2c(c1)ncn2-c1cccc(-n2ccnc2)c1. The number of carbonyl (C=O) groups is 1. The zero-order valence-corrected chi connectivity index (χ0v) is 11.6. The Bertz CT molecular complexity index is 954. The van der Waals surface area contributed by atoms with E-state index in [0.29, 0.717) is 5.56 Å². The molecule has 0 radical (unpaired) electrons. The van der Waals surface area contributed by atoms with Gasteiger partial charge >= 0.3 is 0 Å². The highest BCUT2D eigenvalue weighted by Crippen LogP contribution is 2.21. The van der Waals surface area contributed by atoms with Crippen molar-refractivity contribution in [1.29, 1.82) is 0 Å². The van der Waals surface area contributed by atoms with Gasteiger partial charge in [0, 0.05) is 29.3 Å². The molecule has 2 aromatic carbocycles. The molecular weight excluding hydrogens is 276 g/mol. The van der Waals surface area contributed by atoms with E-state index in [2.05, 4.69) is 16.0 Å². The fourth-order valence-electron chi connectivity index (χ4n) is 2.52. The van der Waals surface area contributed by atoms with Gasteiger partial charge in [0.1, 0.15) is 12.6 Å². The maximum Gasteiger partial charge on any atom is 0.150 e. The van der Waals surface area contributed by atoms with Gasteiger partial charge in [0.15, 0.2) is 0 Å². The first kappa shape index (κ1) is 12.5. The number of aldehydes is 1. The van der Waals surface area contributed by atoms with Crippen LogP contribution in [-0.2, 0) is 0 Å². The molecular formula is C17H12N4O. The summed E-state index contributed by atoms with van der Waals surface area (Å²) < 4.78 is 3.96. The summed E-state index contributed by atoms with van der Waals surface area (Å²) in [6.45, 7) is 0. The fraction of sp³-hybridized carbons (Fsp3) is 0. The molecule has 2 aromatic heterocycles. The molecule has 22 heavy (non-hydrogen) atoms. The summed E-state index contributed by atoms with van der Waals surface area (Å²) >= 11 is 0. The molecule has 0 aliphatic heterocycles. The van der Waals surface area contributed by atoms with Crippen LogP contribution in [0.25, 0.3) is 22.4 Å². The Labute approximate surface area is 126 Å². The third kappa shape index (κ3) is 2.00. The van der Waals surface area contributed by atoms with Gasteiger partial charge in [-0.25, -0.2) is 9.97 Å². The van der Waals surface area contributed by atoms with Crippen molar-refractivity contribution in [3.8, 4) is 11.4 Å². The lowest BCUT2D eigenvalue weighted by Gasteiger charge is -2.08. The molecule has 0 aliphatic carbocycles. The van der Waals surface area contributed by atoms with Crippen molar-refractivity contribution in [2.45, 2.75) is 0 Å². The average Bonchev–Trinajstić information content (AvgIpc) is 3.24. The van der Waals surface area contributed by atoms with Crippen molar-refractivity contribution in [3.63, 3.8) is 0 Å². The van der Waals surface area contributed by atoms with Crippen molar-refractivity contribution in [2.24, 2.45) is 0 Å². The monoisotopic (exact) mass is 288 g/mol. The summed E-state index contributed by atoms with van der Waals surface area (Å²) in [7, 11) is 0. The summed E-state index contributed by atoms with van der Waals surface area (Å²) in [5, 5.41) is 0. The van der Waals surface area contributed by atoms with Crippen LogP contribution in [-0.4, -0.2) is 25.4 Å². The Morgan fingerprint density at radius 2 is 1.91 bits per heavy atom. The van der Waals surface area contributed by atoms with Gasteiger partial charge in [0.25, 0.3) is 0 Å². The molecule has 0 fully saturated rings. The number of fused-ring (bicyclic) bond motifs is 1. The van der Waals surface area contributed by atoms with Crippen LogP contribution in [0.1, 0.15) is 10.4 Å². The fourth-order valence-corrected chi connectivity index (χ4v) is 2.52. The number of hydrogen-bond acceptors (Lipinski definition) is 3. The Kier molecular flexibility index (Phi) is 2.83. The lowest BCUT2D eigenvalue weighted by Crippen LogP contribution is -1.95. The molecule has 0 unspecified atom stereocenters. The average molecular weight is 288 g/mol. The lowest BCUT2D eigenvalue weighted by atomic mass is 10.2. The zero-order valence-electron chi connectivity index (χ0n) is 11.6. The van der Waals surface area contributed by atoms with E-state index in [1.807, 2.05) is 39.6 Å². The van der Waals surface area contributed by atoms with E-state index in [1.54, 1.807) is 31.0 Å². The van der Waals surface area contributed by atoms with Crippen molar-refractivity contribution >= 4 is 17.3 Å². The number of nitrogens with zero attached hydrogens (tertiary/aromatic N) is 4. The number of aromatic nitrogens is 4. The van der Waals surface area contributed by atoms with E-state index in [0.717, 1.165) is 28.7 Å². The van der Waals surface area contributed by atoms with Crippen LogP contribution in [0.3, 0.4) is 0 Å². The Hall–Kier alpha value is -3.21. The number of imidazole rings is 2. The molecule has 0 amide bonds. The molecule has 0 atom stereocenters. The highest BCUT2D eigenvalue weighted by molar-refractivity contribution is 5.85. The molecule has 2 heterocycles. The smallest absolute Gasteiger partial charge is 0.150 e. The van der Waals surface area contributed by atoms with Crippen LogP contribution in [0.15, 0.2) is 67.5 Å². The molecule has 0 N–H and O–H groups in total. The molecule has 5 heteroatoms. The van der Waals surface area contributed by atoms with Crippen molar-refractivity contribution in [1.82, 2.24) is 19.1 Å². The predicted octanol–water partition coefficient (Wildman–Crippen LogP) is 3.02. The van der Waals surface area contributed by atoms with Gasteiger partial charge in [-0.3, -0.25) is 9.36 Å². The van der Waals surface area contributed by atoms with E-state index in [4.69, 9.17) is 0 Å². The number of hydrogen-bond donors (Lipinski definition) is 0. The topological polar surface area (TPSA) is 52.7 Å². The first-order chi connectivity index (χ1) is 10.8. The summed E-state index contributed by atoms with van der Waals surface area (Å²) in [6, 6.07) is 13.6. The minimum absolute atomic E-state index is 0.630. The van der Waals surface area contributed by atoms with E-state index >= 15 is 0 Å².